The molecule has 1 N–H and O–H groups in total. The zero-order valence-corrected chi connectivity index (χ0v) is 12.5. The predicted octanol–water partition coefficient (Wildman–Crippen LogP) is 3.90. The Hall–Kier alpha value is -2.19. The lowest BCUT2D eigenvalue weighted by atomic mass is 10.2. The van der Waals surface area contributed by atoms with Gasteiger partial charge >= 0.3 is 11.7 Å². The number of aromatic carboxylic acids is 1. The number of carbonyl (C=O) groups is 1. The van der Waals surface area contributed by atoms with Gasteiger partial charge in [0.15, 0.2) is 0 Å². The van der Waals surface area contributed by atoms with E-state index in [-0.39, 0.29) is 26.6 Å². The lowest BCUT2D eigenvalue weighted by Crippen LogP contribution is -2.02. The number of halogens is 2. The van der Waals surface area contributed by atoms with E-state index in [0.717, 1.165) is 6.20 Å². The van der Waals surface area contributed by atoms with Gasteiger partial charge in [-0.05, 0) is 28.1 Å². The largest absolute Gasteiger partial charge is 0.478 e. The third-order valence-electron chi connectivity index (χ3n) is 2.42. The second kappa shape index (κ2) is 6.06. The van der Waals surface area contributed by atoms with Crippen molar-refractivity contribution in [3.8, 4) is 11.5 Å². The number of hydrogen-bond donors (Lipinski definition) is 1. The fourth-order valence-electron chi connectivity index (χ4n) is 1.51. The summed E-state index contributed by atoms with van der Waals surface area (Å²) in [5, 5.41) is 20.3. The van der Waals surface area contributed by atoms with Crippen LogP contribution in [0.1, 0.15) is 10.4 Å². The van der Waals surface area contributed by atoms with Gasteiger partial charge in [-0.25, -0.2) is 4.79 Å². The second-order valence-corrected chi connectivity index (χ2v) is 5.07. The molecule has 0 amide bonds. The SMILES string of the molecule is O=C(O)c1ccc(Cl)cc1Oc1c(Br)cncc1[N+](=O)[O-]. The Balaban J connectivity index is 2.55. The molecule has 21 heavy (non-hydrogen) atoms. The molecule has 0 bridgehead atoms. The second-order valence-electron chi connectivity index (χ2n) is 3.77. The number of hydrogen-bond acceptors (Lipinski definition) is 5. The average molecular weight is 374 g/mol. The van der Waals surface area contributed by atoms with Crippen molar-refractivity contribution in [1.29, 1.82) is 0 Å². The molecule has 9 heteroatoms. The number of carboxylic acids is 1. The molecule has 0 spiro atoms. The molecule has 0 fully saturated rings. The van der Waals surface area contributed by atoms with Crippen LogP contribution in [0.3, 0.4) is 0 Å². The maximum absolute atomic E-state index is 11.1. The van der Waals surface area contributed by atoms with Crippen LogP contribution in [0.2, 0.25) is 5.02 Å². The Bertz CT molecular complexity index is 738. The molecule has 0 aliphatic heterocycles. The molecule has 1 aromatic carbocycles. The van der Waals surface area contributed by atoms with E-state index in [1.807, 2.05) is 0 Å². The number of nitro groups is 1. The number of nitrogens with zero attached hydrogens (tertiary/aromatic N) is 2. The summed E-state index contributed by atoms with van der Waals surface area (Å²) in [7, 11) is 0. The molecule has 2 rings (SSSR count). The van der Waals surface area contributed by atoms with Crippen molar-refractivity contribution in [2.24, 2.45) is 0 Å². The Morgan fingerprint density at radius 2 is 2.14 bits per heavy atom. The van der Waals surface area contributed by atoms with Crippen molar-refractivity contribution in [3.63, 3.8) is 0 Å². The van der Waals surface area contributed by atoms with E-state index in [4.69, 9.17) is 21.4 Å². The lowest BCUT2D eigenvalue weighted by Gasteiger charge is -2.10. The zero-order chi connectivity index (χ0) is 15.6. The minimum atomic E-state index is -1.24. The first-order valence-electron chi connectivity index (χ1n) is 5.38. The van der Waals surface area contributed by atoms with Crippen molar-refractivity contribution in [1.82, 2.24) is 4.98 Å². The van der Waals surface area contributed by atoms with Gasteiger partial charge < -0.3 is 9.84 Å². The molecule has 0 saturated heterocycles. The van der Waals surface area contributed by atoms with Crippen molar-refractivity contribution >= 4 is 39.2 Å². The van der Waals surface area contributed by atoms with Gasteiger partial charge in [0.25, 0.3) is 0 Å². The van der Waals surface area contributed by atoms with Gasteiger partial charge in [-0.2, -0.15) is 0 Å². The maximum atomic E-state index is 11.1. The monoisotopic (exact) mass is 372 g/mol. The number of pyridine rings is 1. The molecule has 0 atom stereocenters. The molecule has 0 saturated carbocycles. The average Bonchev–Trinajstić information content (AvgIpc) is 2.40. The Morgan fingerprint density at radius 3 is 2.76 bits per heavy atom. The molecule has 0 aliphatic rings. The molecular weight excluding hydrogens is 367 g/mol. The van der Waals surface area contributed by atoms with Gasteiger partial charge in [-0.15, -0.1) is 0 Å². The number of rotatable bonds is 4. The molecule has 0 radical (unpaired) electrons. The van der Waals surface area contributed by atoms with Crippen molar-refractivity contribution in [2.75, 3.05) is 0 Å². The van der Waals surface area contributed by atoms with Crippen LogP contribution in [0, 0.1) is 10.1 Å². The summed E-state index contributed by atoms with van der Waals surface area (Å²) in [5.41, 5.74) is -0.571. The van der Waals surface area contributed by atoms with E-state index < -0.39 is 16.6 Å². The van der Waals surface area contributed by atoms with E-state index in [9.17, 15) is 14.9 Å². The van der Waals surface area contributed by atoms with Crippen LogP contribution in [0.5, 0.6) is 11.5 Å². The van der Waals surface area contributed by atoms with Crippen molar-refractivity contribution in [3.05, 3.63) is 55.8 Å². The molecular formula is C12H6BrClN2O5. The van der Waals surface area contributed by atoms with Crippen LogP contribution in [0.4, 0.5) is 5.69 Å². The summed E-state index contributed by atoms with van der Waals surface area (Å²) >= 11 is 8.88. The summed E-state index contributed by atoms with van der Waals surface area (Å²) in [6, 6.07) is 3.90. The minimum absolute atomic E-state index is 0.106. The number of aromatic nitrogens is 1. The first kappa shape index (κ1) is 15.2. The van der Waals surface area contributed by atoms with Crippen LogP contribution in [-0.2, 0) is 0 Å². The molecule has 2 aromatic rings. The van der Waals surface area contributed by atoms with Gasteiger partial charge in [0.1, 0.15) is 17.5 Å². The first-order chi connectivity index (χ1) is 9.90. The zero-order valence-electron chi connectivity index (χ0n) is 10.1. The number of benzene rings is 1. The third kappa shape index (κ3) is 3.29. The van der Waals surface area contributed by atoms with Crippen molar-refractivity contribution < 1.29 is 19.6 Å². The highest BCUT2D eigenvalue weighted by Gasteiger charge is 2.22. The Morgan fingerprint density at radius 1 is 1.43 bits per heavy atom. The minimum Gasteiger partial charge on any atom is -0.478 e. The third-order valence-corrected chi connectivity index (χ3v) is 3.22. The molecule has 0 aliphatic carbocycles. The summed E-state index contributed by atoms with van der Waals surface area (Å²) in [4.78, 5) is 25.1. The highest BCUT2D eigenvalue weighted by molar-refractivity contribution is 9.10. The highest BCUT2D eigenvalue weighted by atomic mass is 79.9. The molecule has 1 aromatic heterocycles. The van der Waals surface area contributed by atoms with E-state index in [2.05, 4.69) is 20.9 Å². The normalized spacial score (nSPS) is 10.2. The molecule has 108 valence electrons. The summed E-state index contributed by atoms with van der Waals surface area (Å²) in [5.74, 6) is -1.50. The Kier molecular flexibility index (Phi) is 4.39. The summed E-state index contributed by atoms with van der Waals surface area (Å²) < 4.78 is 5.60. The van der Waals surface area contributed by atoms with Gasteiger partial charge in [0.2, 0.25) is 5.75 Å². The summed E-state index contributed by atoms with van der Waals surface area (Å²) in [6.07, 6.45) is 2.30. The van der Waals surface area contributed by atoms with Crippen LogP contribution in [0.15, 0.2) is 35.1 Å². The van der Waals surface area contributed by atoms with Crippen LogP contribution in [0.25, 0.3) is 0 Å². The van der Waals surface area contributed by atoms with E-state index in [1.165, 1.54) is 24.4 Å². The number of ether oxygens (including phenoxy) is 1. The van der Waals surface area contributed by atoms with E-state index in [0.29, 0.717) is 0 Å². The predicted molar refractivity (Wildman–Crippen MR) is 77.1 cm³/mol. The highest BCUT2D eigenvalue weighted by Crippen LogP contribution is 2.38. The van der Waals surface area contributed by atoms with Gasteiger partial charge in [-0.1, -0.05) is 11.6 Å². The maximum Gasteiger partial charge on any atom is 0.339 e. The van der Waals surface area contributed by atoms with Crippen LogP contribution < -0.4 is 4.74 Å². The Labute approximate surface area is 131 Å². The topological polar surface area (TPSA) is 103 Å². The van der Waals surface area contributed by atoms with Crippen molar-refractivity contribution in [2.45, 2.75) is 0 Å². The van der Waals surface area contributed by atoms with Gasteiger partial charge in [-0.3, -0.25) is 15.1 Å². The quantitative estimate of drug-likeness (QED) is 0.644. The van der Waals surface area contributed by atoms with Gasteiger partial charge in [0, 0.05) is 17.3 Å². The molecule has 0 unspecified atom stereocenters. The van der Waals surface area contributed by atoms with E-state index >= 15 is 0 Å². The summed E-state index contributed by atoms with van der Waals surface area (Å²) in [6.45, 7) is 0. The fraction of sp³-hybridized carbons (Fsp3) is 0. The number of carboxylic acid groups (broad SMARTS) is 1. The fourth-order valence-corrected chi connectivity index (χ4v) is 2.08. The van der Waals surface area contributed by atoms with E-state index in [1.54, 1.807) is 0 Å². The molecule has 7 nitrogen and oxygen atoms in total. The van der Waals surface area contributed by atoms with Gasteiger partial charge in [0.05, 0.1) is 9.40 Å². The first-order valence-corrected chi connectivity index (χ1v) is 6.56. The standard InChI is InChI=1S/C12H6BrClN2O5/c13-8-4-15-5-9(16(19)20)11(8)21-10-3-6(14)1-2-7(10)12(17)18/h1-5H,(H,17,18). The lowest BCUT2D eigenvalue weighted by molar-refractivity contribution is -0.386. The smallest absolute Gasteiger partial charge is 0.339 e. The van der Waals surface area contributed by atoms with Crippen LogP contribution in [-0.4, -0.2) is 21.0 Å². The van der Waals surface area contributed by atoms with Crippen LogP contribution >= 0.6 is 27.5 Å². The molecule has 1 heterocycles.